The van der Waals surface area contributed by atoms with Crippen molar-refractivity contribution in [1.82, 2.24) is 14.8 Å². The number of thioether (sulfide) groups is 1. The van der Waals surface area contributed by atoms with E-state index in [2.05, 4.69) is 15.1 Å². The van der Waals surface area contributed by atoms with Crippen molar-refractivity contribution in [1.29, 1.82) is 0 Å². The monoisotopic (exact) mass is 270 g/mol. The van der Waals surface area contributed by atoms with Crippen LogP contribution in [-0.4, -0.2) is 32.1 Å². The van der Waals surface area contributed by atoms with Crippen LogP contribution in [0.25, 0.3) is 0 Å². The van der Waals surface area contributed by atoms with E-state index in [9.17, 15) is 0 Å². The first-order chi connectivity index (χ1) is 8.28. The minimum absolute atomic E-state index is 0.0886. The lowest BCUT2D eigenvalue weighted by molar-refractivity contribution is 0.463. The summed E-state index contributed by atoms with van der Waals surface area (Å²) in [6, 6.07) is 0. The Bertz CT molecular complexity index is 456. The summed E-state index contributed by atoms with van der Waals surface area (Å²) in [6.45, 7) is 0.894. The molecule has 2 heterocycles. The van der Waals surface area contributed by atoms with E-state index in [0.29, 0.717) is 5.92 Å². The van der Waals surface area contributed by atoms with Gasteiger partial charge in [0, 0.05) is 11.6 Å². The molecule has 0 aromatic carbocycles. The largest absolute Gasteiger partial charge is 0.248 e. The highest BCUT2D eigenvalue weighted by molar-refractivity contribution is 7.98. The van der Waals surface area contributed by atoms with Gasteiger partial charge in [0.25, 0.3) is 0 Å². The van der Waals surface area contributed by atoms with Gasteiger partial charge in [-0.15, -0.1) is 16.7 Å². The van der Waals surface area contributed by atoms with Gasteiger partial charge in [0.1, 0.15) is 0 Å². The Labute approximate surface area is 110 Å². The van der Waals surface area contributed by atoms with Gasteiger partial charge in [-0.25, -0.2) is 9.67 Å². The summed E-state index contributed by atoms with van der Waals surface area (Å²) in [5, 5.41) is 5.32. The van der Waals surface area contributed by atoms with Gasteiger partial charge in [0.15, 0.2) is 0 Å². The molecule has 0 saturated heterocycles. The van der Waals surface area contributed by atoms with E-state index in [4.69, 9.17) is 11.6 Å². The molecule has 17 heavy (non-hydrogen) atoms. The first-order valence-electron chi connectivity index (χ1n) is 5.99. The molecule has 1 aromatic rings. The molecule has 1 aliphatic carbocycles. The van der Waals surface area contributed by atoms with Gasteiger partial charge < -0.3 is 0 Å². The van der Waals surface area contributed by atoms with Crippen LogP contribution in [0.15, 0.2) is 10.1 Å². The number of aromatic nitrogens is 3. The van der Waals surface area contributed by atoms with Crippen molar-refractivity contribution in [3.63, 3.8) is 0 Å². The molecule has 6 heteroatoms. The third kappa shape index (κ3) is 2.10. The summed E-state index contributed by atoms with van der Waals surface area (Å²) in [6.07, 6.45) is 6.65. The Balaban J connectivity index is 1.98. The molecular formula is C11H15ClN4S. The zero-order chi connectivity index (χ0) is 11.8. The molecule has 2 unspecified atom stereocenters. The Kier molecular flexibility index (Phi) is 3.13. The highest BCUT2D eigenvalue weighted by Gasteiger charge is 2.31. The summed E-state index contributed by atoms with van der Waals surface area (Å²) in [5.41, 5.74) is 1.14. The summed E-state index contributed by atoms with van der Waals surface area (Å²) in [5.74, 6) is 1.19. The number of rotatable bonds is 1. The van der Waals surface area contributed by atoms with E-state index < -0.39 is 0 Å². The van der Waals surface area contributed by atoms with E-state index >= 15 is 0 Å². The second kappa shape index (κ2) is 4.61. The Hall–Kier alpha value is -0.550. The molecule has 1 saturated carbocycles. The van der Waals surface area contributed by atoms with Crippen molar-refractivity contribution >= 4 is 35.0 Å². The van der Waals surface area contributed by atoms with Gasteiger partial charge in [0.2, 0.25) is 11.1 Å². The third-order valence-electron chi connectivity index (χ3n) is 3.44. The smallest absolute Gasteiger partial charge is 0.228 e. The molecule has 0 amide bonds. The van der Waals surface area contributed by atoms with E-state index in [0.717, 1.165) is 29.8 Å². The number of aliphatic imine (C=N–C) groups is 1. The number of halogens is 1. The minimum atomic E-state index is 0.0886. The van der Waals surface area contributed by atoms with Gasteiger partial charge >= 0.3 is 0 Å². The lowest BCUT2D eigenvalue weighted by Crippen LogP contribution is -2.29. The van der Waals surface area contributed by atoms with Crippen molar-refractivity contribution in [3.8, 4) is 0 Å². The van der Waals surface area contributed by atoms with Crippen molar-refractivity contribution < 1.29 is 0 Å². The molecule has 92 valence electrons. The molecule has 2 aliphatic rings. The van der Waals surface area contributed by atoms with E-state index in [-0.39, 0.29) is 5.38 Å². The van der Waals surface area contributed by atoms with Gasteiger partial charge in [-0.2, -0.15) is 4.98 Å². The lowest BCUT2D eigenvalue weighted by Gasteiger charge is -2.23. The quantitative estimate of drug-likeness (QED) is 0.582. The van der Waals surface area contributed by atoms with Crippen LogP contribution in [0.2, 0.25) is 0 Å². The molecule has 0 spiro atoms. The first kappa shape index (κ1) is 11.5. The Morgan fingerprint density at radius 2 is 2.18 bits per heavy atom. The van der Waals surface area contributed by atoms with Crippen molar-refractivity contribution in [2.75, 3.05) is 6.26 Å². The van der Waals surface area contributed by atoms with Crippen LogP contribution in [0.3, 0.4) is 0 Å². The zero-order valence-corrected chi connectivity index (χ0v) is 11.3. The van der Waals surface area contributed by atoms with Crippen LogP contribution in [0, 0.1) is 5.92 Å². The molecule has 1 fully saturated rings. The average Bonchev–Trinajstić information content (AvgIpc) is 2.66. The minimum Gasteiger partial charge on any atom is -0.228 e. The number of hydrogen-bond donors (Lipinski definition) is 0. The maximum atomic E-state index is 6.41. The van der Waals surface area contributed by atoms with E-state index in [1.165, 1.54) is 19.3 Å². The van der Waals surface area contributed by atoms with Crippen molar-refractivity contribution in [2.24, 2.45) is 10.9 Å². The lowest BCUT2D eigenvalue weighted by atomic mass is 9.97. The maximum Gasteiger partial charge on any atom is 0.248 e. The normalized spacial score (nSPS) is 28.0. The summed E-state index contributed by atoms with van der Waals surface area (Å²) in [4.78, 5) is 9.03. The molecule has 0 radical (unpaired) electrons. The highest BCUT2D eigenvalue weighted by Crippen LogP contribution is 2.32. The van der Waals surface area contributed by atoms with Crippen LogP contribution in [0.4, 0.5) is 5.95 Å². The van der Waals surface area contributed by atoms with Crippen LogP contribution in [-0.2, 0) is 6.54 Å². The number of fused-ring (bicyclic) bond motifs is 2. The second-order valence-electron chi connectivity index (χ2n) is 4.57. The van der Waals surface area contributed by atoms with E-state index in [1.807, 2.05) is 10.9 Å². The predicted molar refractivity (Wildman–Crippen MR) is 70.5 cm³/mol. The summed E-state index contributed by atoms with van der Waals surface area (Å²) in [7, 11) is 0. The molecule has 2 atom stereocenters. The molecule has 0 N–H and O–H groups in total. The SMILES string of the molecule is CSc1nc2n(n1)CC1CCCCC(Cl)C1=N2. The molecule has 3 rings (SSSR count). The standard InChI is InChI=1S/C11H15ClN4S/c1-17-11-14-10-13-9-7(6-16(10)15-11)4-2-3-5-8(9)12/h7-8H,2-6H2,1H3. The molecule has 1 aromatic heterocycles. The topological polar surface area (TPSA) is 43.1 Å². The number of nitrogens with zero attached hydrogens (tertiary/aromatic N) is 4. The third-order valence-corrected chi connectivity index (χ3v) is 4.42. The molecule has 1 aliphatic heterocycles. The fraction of sp³-hybridized carbons (Fsp3) is 0.727. The van der Waals surface area contributed by atoms with Crippen LogP contribution in [0.5, 0.6) is 0 Å². The fourth-order valence-corrected chi connectivity index (χ4v) is 3.28. The average molecular weight is 271 g/mol. The van der Waals surface area contributed by atoms with E-state index in [1.54, 1.807) is 11.8 Å². The number of alkyl halides is 1. The molecule has 0 bridgehead atoms. The molecular weight excluding hydrogens is 256 g/mol. The van der Waals surface area contributed by atoms with Crippen LogP contribution < -0.4 is 0 Å². The number of hydrogen-bond acceptors (Lipinski definition) is 4. The summed E-state index contributed by atoms with van der Waals surface area (Å²) >= 11 is 7.96. The predicted octanol–water partition coefficient (Wildman–Crippen LogP) is 2.88. The Morgan fingerprint density at radius 1 is 1.35 bits per heavy atom. The molecule has 4 nitrogen and oxygen atoms in total. The van der Waals surface area contributed by atoms with Gasteiger partial charge in [-0.05, 0) is 19.1 Å². The van der Waals surface area contributed by atoms with Crippen molar-refractivity contribution in [3.05, 3.63) is 0 Å². The van der Waals surface area contributed by atoms with Crippen LogP contribution in [0.1, 0.15) is 25.7 Å². The fourth-order valence-electron chi connectivity index (χ4n) is 2.54. The van der Waals surface area contributed by atoms with Crippen LogP contribution >= 0.6 is 23.4 Å². The maximum absolute atomic E-state index is 6.41. The van der Waals surface area contributed by atoms with Gasteiger partial charge in [0.05, 0.1) is 11.9 Å². The van der Waals surface area contributed by atoms with Gasteiger partial charge in [-0.3, -0.25) is 0 Å². The highest BCUT2D eigenvalue weighted by atomic mass is 35.5. The zero-order valence-electron chi connectivity index (χ0n) is 9.77. The second-order valence-corrected chi connectivity index (χ2v) is 5.87. The first-order valence-corrected chi connectivity index (χ1v) is 7.65. The van der Waals surface area contributed by atoms with Crippen molar-refractivity contribution in [2.45, 2.75) is 42.8 Å². The Morgan fingerprint density at radius 3 is 3.00 bits per heavy atom. The van der Waals surface area contributed by atoms with Gasteiger partial charge in [-0.1, -0.05) is 24.6 Å². The summed E-state index contributed by atoms with van der Waals surface area (Å²) < 4.78 is 1.93.